The fraction of sp³-hybridized carbons (Fsp3) is 0.200. The highest BCUT2D eigenvalue weighted by molar-refractivity contribution is 7.92. The van der Waals surface area contributed by atoms with E-state index in [4.69, 9.17) is 6.42 Å². The molecule has 1 rings (SSSR count). The van der Waals surface area contributed by atoms with Crippen LogP contribution in [0.3, 0.4) is 0 Å². The molecule has 0 amide bonds. The molecule has 0 radical (unpaired) electrons. The van der Waals surface area contributed by atoms with Gasteiger partial charge < -0.3 is 0 Å². The fourth-order valence-electron chi connectivity index (χ4n) is 1.11. The van der Waals surface area contributed by atoms with Gasteiger partial charge in [0.2, 0.25) is 10.0 Å². The Hall–Kier alpha value is -1.54. The predicted octanol–water partition coefficient (Wildman–Crippen LogP) is 1.49. The molecule has 0 saturated heterocycles. The standard InChI is InChI=1S/C10H10FNO2S/c1-4-8-6-9(11)10(5-7(8)2)12-15(3,13)14/h1,5-6,12H,2-3H3. The van der Waals surface area contributed by atoms with Gasteiger partial charge in [0.25, 0.3) is 0 Å². The van der Waals surface area contributed by atoms with Crippen LogP contribution in [0.25, 0.3) is 0 Å². The Morgan fingerprint density at radius 2 is 2.07 bits per heavy atom. The Kier molecular flexibility index (Phi) is 3.01. The number of halogens is 1. The van der Waals surface area contributed by atoms with Crippen LogP contribution in [-0.4, -0.2) is 14.7 Å². The molecular formula is C10H10FNO2S. The van der Waals surface area contributed by atoms with Crippen molar-refractivity contribution in [1.29, 1.82) is 0 Å². The Balaban J connectivity index is 3.24. The summed E-state index contributed by atoms with van der Waals surface area (Å²) < 4.78 is 37.2. The summed E-state index contributed by atoms with van der Waals surface area (Å²) in [5.41, 5.74) is 0.964. The van der Waals surface area contributed by atoms with Gasteiger partial charge in [0.15, 0.2) is 0 Å². The smallest absolute Gasteiger partial charge is 0.229 e. The second-order valence-corrected chi connectivity index (χ2v) is 4.91. The van der Waals surface area contributed by atoms with Gasteiger partial charge in [-0.15, -0.1) is 6.42 Å². The molecule has 5 heteroatoms. The van der Waals surface area contributed by atoms with Crippen LogP contribution in [0.2, 0.25) is 0 Å². The van der Waals surface area contributed by atoms with E-state index in [0.717, 1.165) is 12.3 Å². The molecule has 0 aromatic heterocycles. The predicted molar refractivity (Wildman–Crippen MR) is 57.5 cm³/mol. The quantitative estimate of drug-likeness (QED) is 0.778. The second-order valence-electron chi connectivity index (χ2n) is 3.17. The lowest BCUT2D eigenvalue weighted by Gasteiger charge is -2.07. The Labute approximate surface area is 88.4 Å². The van der Waals surface area contributed by atoms with Crippen molar-refractivity contribution in [3.8, 4) is 12.3 Å². The zero-order valence-corrected chi connectivity index (χ0v) is 9.15. The van der Waals surface area contributed by atoms with E-state index >= 15 is 0 Å². The first-order valence-electron chi connectivity index (χ1n) is 4.08. The van der Waals surface area contributed by atoms with Gasteiger partial charge in [-0.25, -0.2) is 12.8 Å². The lowest BCUT2D eigenvalue weighted by Crippen LogP contribution is -2.11. The third-order valence-corrected chi connectivity index (χ3v) is 2.36. The Morgan fingerprint density at radius 1 is 1.47 bits per heavy atom. The Bertz CT molecular complexity index is 529. The number of nitrogens with one attached hydrogen (secondary N) is 1. The first-order chi connectivity index (χ1) is 6.83. The molecule has 0 saturated carbocycles. The van der Waals surface area contributed by atoms with Gasteiger partial charge in [0.05, 0.1) is 11.9 Å². The first-order valence-corrected chi connectivity index (χ1v) is 5.97. The van der Waals surface area contributed by atoms with Crippen molar-refractivity contribution in [3.05, 3.63) is 29.1 Å². The fourth-order valence-corrected chi connectivity index (χ4v) is 1.67. The molecule has 80 valence electrons. The highest BCUT2D eigenvalue weighted by Crippen LogP contribution is 2.20. The molecule has 0 fully saturated rings. The van der Waals surface area contributed by atoms with Gasteiger partial charge in [-0.2, -0.15) is 0 Å². The number of sulfonamides is 1. The molecule has 0 atom stereocenters. The second kappa shape index (κ2) is 3.91. The summed E-state index contributed by atoms with van der Waals surface area (Å²) in [5, 5.41) is 0. The molecule has 1 N–H and O–H groups in total. The first kappa shape index (κ1) is 11.5. The van der Waals surface area contributed by atoms with Crippen molar-refractivity contribution in [2.45, 2.75) is 6.92 Å². The van der Waals surface area contributed by atoms with Crippen molar-refractivity contribution in [2.24, 2.45) is 0 Å². The minimum Gasteiger partial charge on any atom is -0.281 e. The zero-order valence-electron chi connectivity index (χ0n) is 8.33. The van der Waals surface area contributed by atoms with Crippen LogP contribution in [-0.2, 0) is 10.0 Å². The van der Waals surface area contributed by atoms with Crippen LogP contribution in [0.5, 0.6) is 0 Å². The van der Waals surface area contributed by atoms with Gasteiger partial charge in [0.1, 0.15) is 5.82 Å². The van der Waals surface area contributed by atoms with Crippen molar-refractivity contribution in [3.63, 3.8) is 0 Å². The van der Waals surface area contributed by atoms with E-state index in [1.54, 1.807) is 6.92 Å². The van der Waals surface area contributed by atoms with E-state index in [2.05, 4.69) is 10.6 Å². The summed E-state index contributed by atoms with van der Waals surface area (Å²) in [5.74, 6) is 1.63. The summed E-state index contributed by atoms with van der Waals surface area (Å²) in [6, 6.07) is 2.49. The van der Waals surface area contributed by atoms with Crippen LogP contribution in [0.4, 0.5) is 10.1 Å². The van der Waals surface area contributed by atoms with Crippen molar-refractivity contribution in [1.82, 2.24) is 0 Å². The van der Waals surface area contributed by atoms with Crippen molar-refractivity contribution < 1.29 is 12.8 Å². The number of hydrogen-bond donors (Lipinski definition) is 1. The maximum atomic E-state index is 13.3. The number of aryl methyl sites for hydroxylation is 1. The monoisotopic (exact) mass is 227 g/mol. The molecule has 0 aliphatic rings. The van der Waals surface area contributed by atoms with E-state index in [1.807, 2.05) is 0 Å². The Morgan fingerprint density at radius 3 is 2.53 bits per heavy atom. The van der Waals surface area contributed by atoms with Crippen LogP contribution < -0.4 is 4.72 Å². The summed E-state index contributed by atoms with van der Waals surface area (Å²) in [6.45, 7) is 1.68. The average molecular weight is 227 g/mol. The lowest BCUT2D eigenvalue weighted by atomic mass is 10.1. The minimum atomic E-state index is -3.48. The van der Waals surface area contributed by atoms with E-state index in [9.17, 15) is 12.8 Å². The van der Waals surface area contributed by atoms with E-state index in [1.165, 1.54) is 6.07 Å². The number of rotatable bonds is 2. The molecule has 0 unspecified atom stereocenters. The maximum absolute atomic E-state index is 13.3. The third-order valence-electron chi connectivity index (χ3n) is 1.76. The van der Waals surface area contributed by atoms with E-state index in [-0.39, 0.29) is 5.69 Å². The van der Waals surface area contributed by atoms with Gasteiger partial charge in [-0.1, -0.05) is 5.92 Å². The van der Waals surface area contributed by atoms with Crippen LogP contribution in [0.1, 0.15) is 11.1 Å². The molecule has 0 heterocycles. The lowest BCUT2D eigenvalue weighted by molar-refractivity contribution is 0.603. The van der Waals surface area contributed by atoms with Crippen LogP contribution in [0, 0.1) is 25.1 Å². The molecular weight excluding hydrogens is 217 g/mol. The van der Waals surface area contributed by atoms with Gasteiger partial charge in [-0.05, 0) is 24.6 Å². The van der Waals surface area contributed by atoms with Crippen LogP contribution >= 0.6 is 0 Å². The van der Waals surface area contributed by atoms with Gasteiger partial charge in [-0.3, -0.25) is 4.72 Å². The SMILES string of the molecule is C#Cc1cc(F)c(NS(C)(=O)=O)cc1C. The molecule has 1 aromatic rings. The highest BCUT2D eigenvalue weighted by atomic mass is 32.2. The average Bonchev–Trinajstić information content (AvgIpc) is 2.08. The van der Waals surface area contributed by atoms with E-state index < -0.39 is 15.8 Å². The summed E-state index contributed by atoms with van der Waals surface area (Å²) in [6.07, 6.45) is 6.10. The number of benzene rings is 1. The topological polar surface area (TPSA) is 46.2 Å². The largest absolute Gasteiger partial charge is 0.281 e. The van der Waals surface area contributed by atoms with Crippen molar-refractivity contribution >= 4 is 15.7 Å². The molecule has 0 aliphatic carbocycles. The number of anilines is 1. The number of hydrogen-bond acceptors (Lipinski definition) is 2. The maximum Gasteiger partial charge on any atom is 0.229 e. The van der Waals surface area contributed by atoms with Crippen molar-refractivity contribution in [2.75, 3.05) is 11.0 Å². The molecule has 0 aliphatic heterocycles. The molecule has 3 nitrogen and oxygen atoms in total. The summed E-state index contributed by atoms with van der Waals surface area (Å²) >= 11 is 0. The zero-order chi connectivity index (χ0) is 11.6. The summed E-state index contributed by atoms with van der Waals surface area (Å²) in [4.78, 5) is 0. The minimum absolute atomic E-state index is 0.0889. The van der Waals surface area contributed by atoms with E-state index in [0.29, 0.717) is 11.1 Å². The summed E-state index contributed by atoms with van der Waals surface area (Å²) in [7, 11) is -3.48. The highest BCUT2D eigenvalue weighted by Gasteiger charge is 2.09. The van der Waals surface area contributed by atoms with Crippen LogP contribution in [0.15, 0.2) is 12.1 Å². The van der Waals surface area contributed by atoms with Gasteiger partial charge in [0, 0.05) is 5.56 Å². The molecule has 15 heavy (non-hydrogen) atoms. The third kappa shape index (κ3) is 2.96. The molecule has 0 bridgehead atoms. The normalized spacial score (nSPS) is 10.8. The molecule has 1 aromatic carbocycles. The molecule has 0 spiro atoms. The van der Waals surface area contributed by atoms with Gasteiger partial charge >= 0.3 is 0 Å². The number of terminal acetylenes is 1.